The zero-order valence-corrected chi connectivity index (χ0v) is 22.1. The van der Waals surface area contributed by atoms with Crippen LogP contribution in [0.25, 0.3) is 0 Å². The van der Waals surface area contributed by atoms with Crippen LogP contribution in [0.1, 0.15) is 69.5 Å². The summed E-state index contributed by atoms with van der Waals surface area (Å²) in [5.41, 5.74) is 0.465. The first-order chi connectivity index (χ1) is 17.0. The molecular formula is C27H43ClFN3O3. The molecule has 1 aromatic carbocycles. The Balaban J connectivity index is 1.66. The van der Waals surface area contributed by atoms with Crippen LogP contribution in [0.5, 0.6) is 0 Å². The van der Waals surface area contributed by atoms with Crippen molar-refractivity contribution in [1.82, 2.24) is 15.5 Å². The van der Waals surface area contributed by atoms with Crippen molar-refractivity contribution in [2.24, 2.45) is 11.8 Å². The van der Waals surface area contributed by atoms with Crippen molar-refractivity contribution in [3.63, 3.8) is 0 Å². The van der Waals surface area contributed by atoms with Gasteiger partial charge in [0.05, 0.1) is 11.1 Å². The number of halogens is 2. The van der Waals surface area contributed by atoms with Crippen LogP contribution in [0.3, 0.4) is 0 Å². The highest BCUT2D eigenvalue weighted by Crippen LogP contribution is 2.36. The number of ether oxygens (including phenoxy) is 2. The number of likely N-dealkylation sites (N-methyl/N-ethyl adjacent to an activating group) is 1. The molecule has 3 atom stereocenters. The smallest absolute Gasteiger partial charge is 0.317 e. The molecule has 1 saturated carbocycles. The molecule has 6 nitrogen and oxygen atoms in total. The summed E-state index contributed by atoms with van der Waals surface area (Å²) < 4.78 is 26.3. The summed E-state index contributed by atoms with van der Waals surface area (Å²) in [6, 6.07) is 5.14. The Kier molecular flexibility index (Phi) is 12.1. The molecule has 0 bridgehead atoms. The molecule has 35 heavy (non-hydrogen) atoms. The van der Waals surface area contributed by atoms with E-state index in [0.29, 0.717) is 37.8 Å². The lowest BCUT2D eigenvalue weighted by Crippen LogP contribution is -2.52. The van der Waals surface area contributed by atoms with Crippen molar-refractivity contribution in [3.05, 3.63) is 34.6 Å². The summed E-state index contributed by atoms with van der Waals surface area (Å²) in [5, 5.41) is 6.62. The number of carbonyl (C=O) groups is 1. The Labute approximate surface area is 215 Å². The number of benzene rings is 1. The minimum atomic E-state index is -0.462. The zero-order chi connectivity index (χ0) is 25.0. The predicted octanol–water partition coefficient (Wildman–Crippen LogP) is 5.55. The molecule has 1 saturated heterocycles. The van der Waals surface area contributed by atoms with Gasteiger partial charge in [-0.2, -0.15) is 0 Å². The third-order valence-corrected chi connectivity index (χ3v) is 7.66. The van der Waals surface area contributed by atoms with E-state index in [0.717, 1.165) is 32.2 Å². The number of urea groups is 1. The largest absolute Gasteiger partial charge is 0.385 e. The second-order valence-electron chi connectivity index (χ2n) is 10.1. The van der Waals surface area contributed by atoms with Crippen molar-refractivity contribution in [1.29, 1.82) is 0 Å². The SMILES string of the molecule is CNCC(CC1CCCCC1)NC(=O)N1CCCC(C(OCCCOC)c2cccc(Cl)c2F)C1. The fourth-order valence-corrected chi connectivity index (χ4v) is 5.79. The molecule has 198 valence electrons. The number of likely N-dealkylation sites (tertiary alicyclic amines) is 1. The number of nitrogens with zero attached hydrogens (tertiary/aromatic N) is 1. The highest BCUT2D eigenvalue weighted by Gasteiger charge is 2.33. The number of rotatable bonds is 12. The van der Waals surface area contributed by atoms with Crippen LogP contribution in [-0.4, -0.2) is 64.0 Å². The lowest BCUT2D eigenvalue weighted by Gasteiger charge is -2.38. The van der Waals surface area contributed by atoms with Gasteiger partial charge >= 0.3 is 6.03 Å². The van der Waals surface area contributed by atoms with E-state index in [2.05, 4.69) is 10.6 Å². The lowest BCUT2D eigenvalue weighted by atomic mass is 9.85. The van der Waals surface area contributed by atoms with Crippen LogP contribution in [0, 0.1) is 17.7 Å². The Hall–Kier alpha value is -1.41. The van der Waals surface area contributed by atoms with Gasteiger partial charge in [0.1, 0.15) is 5.82 Å². The average Bonchev–Trinajstić information content (AvgIpc) is 2.87. The summed E-state index contributed by atoms with van der Waals surface area (Å²) in [5.74, 6) is 0.243. The predicted molar refractivity (Wildman–Crippen MR) is 138 cm³/mol. The quantitative estimate of drug-likeness (QED) is 0.361. The first-order valence-electron chi connectivity index (χ1n) is 13.3. The van der Waals surface area contributed by atoms with E-state index in [1.54, 1.807) is 25.3 Å². The summed E-state index contributed by atoms with van der Waals surface area (Å²) in [6.45, 7) is 3.03. The van der Waals surface area contributed by atoms with E-state index in [4.69, 9.17) is 21.1 Å². The lowest BCUT2D eigenvalue weighted by molar-refractivity contribution is -0.0185. The van der Waals surface area contributed by atoms with Crippen LogP contribution in [0.2, 0.25) is 5.02 Å². The molecule has 1 aliphatic carbocycles. The zero-order valence-electron chi connectivity index (χ0n) is 21.4. The van der Waals surface area contributed by atoms with Gasteiger partial charge in [0.15, 0.2) is 0 Å². The molecule has 1 aromatic rings. The Morgan fingerprint density at radius 1 is 1.20 bits per heavy atom. The van der Waals surface area contributed by atoms with Gasteiger partial charge in [-0.25, -0.2) is 9.18 Å². The second kappa shape index (κ2) is 15.0. The van der Waals surface area contributed by atoms with Gasteiger partial charge < -0.3 is 25.0 Å². The molecule has 2 aliphatic rings. The maximum Gasteiger partial charge on any atom is 0.317 e. The summed E-state index contributed by atoms with van der Waals surface area (Å²) >= 11 is 6.10. The standard InChI is InChI=1S/C27H43ClFN3O3/c1-30-18-22(17-20-9-4-3-5-10-20)31-27(33)32-14-7-11-21(19-32)26(35-16-8-15-34-2)23-12-6-13-24(28)25(23)29/h6,12-13,20-22,26,30H,3-5,7-11,14-19H2,1-2H3,(H,31,33). The Morgan fingerprint density at radius 2 is 2.00 bits per heavy atom. The third-order valence-electron chi connectivity index (χ3n) is 7.37. The minimum Gasteiger partial charge on any atom is -0.385 e. The number of methoxy groups -OCH3 is 1. The molecule has 1 aliphatic heterocycles. The average molecular weight is 512 g/mol. The van der Waals surface area contributed by atoms with Gasteiger partial charge in [0.25, 0.3) is 0 Å². The second-order valence-corrected chi connectivity index (χ2v) is 10.5. The van der Waals surface area contributed by atoms with Crippen LogP contribution in [0.4, 0.5) is 9.18 Å². The fraction of sp³-hybridized carbons (Fsp3) is 0.741. The number of amides is 2. The molecule has 0 radical (unpaired) electrons. The molecule has 0 aromatic heterocycles. The topological polar surface area (TPSA) is 62.8 Å². The summed E-state index contributed by atoms with van der Waals surface area (Å²) in [7, 11) is 3.59. The molecule has 1 heterocycles. The number of hydrogen-bond donors (Lipinski definition) is 2. The Morgan fingerprint density at radius 3 is 2.74 bits per heavy atom. The monoisotopic (exact) mass is 511 g/mol. The van der Waals surface area contributed by atoms with Crippen molar-refractivity contribution < 1.29 is 18.7 Å². The fourth-order valence-electron chi connectivity index (χ4n) is 5.61. The highest BCUT2D eigenvalue weighted by atomic mass is 35.5. The van der Waals surface area contributed by atoms with E-state index >= 15 is 0 Å². The molecule has 2 amide bonds. The van der Waals surface area contributed by atoms with Gasteiger partial charge in [0.2, 0.25) is 0 Å². The molecule has 2 N–H and O–H groups in total. The van der Waals surface area contributed by atoms with Gasteiger partial charge in [-0.15, -0.1) is 0 Å². The maximum atomic E-state index is 15.0. The molecular weight excluding hydrogens is 469 g/mol. The van der Waals surface area contributed by atoms with Crippen LogP contribution >= 0.6 is 11.6 Å². The first-order valence-corrected chi connectivity index (χ1v) is 13.7. The number of piperidine rings is 1. The number of carbonyl (C=O) groups excluding carboxylic acids is 1. The normalized spacial score (nSPS) is 21.0. The van der Waals surface area contributed by atoms with E-state index in [9.17, 15) is 9.18 Å². The Bertz CT molecular complexity index is 778. The van der Waals surface area contributed by atoms with Gasteiger partial charge in [-0.1, -0.05) is 55.8 Å². The van der Waals surface area contributed by atoms with Crippen molar-refractivity contribution >= 4 is 17.6 Å². The molecule has 8 heteroatoms. The van der Waals surface area contributed by atoms with Gasteiger partial charge in [-0.3, -0.25) is 0 Å². The first kappa shape index (κ1) is 28.2. The highest BCUT2D eigenvalue weighted by molar-refractivity contribution is 6.30. The molecule has 0 spiro atoms. The van der Waals surface area contributed by atoms with Crippen molar-refractivity contribution in [2.45, 2.75) is 69.9 Å². The number of nitrogens with one attached hydrogen (secondary N) is 2. The molecule has 3 unspecified atom stereocenters. The maximum absolute atomic E-state index is 15.0. The summed E-state index contributed by atoms with van der Waals surface area (Å²) in [6.07, 6.45) is 9.44. The van der Waals surface area contributed by atoms with Crippen LogP contribution in [-0.2, 0) is 9.47 Å². The van der Waals surface area contributed by atoms with Crippen LogP contribution in [0.15, 0.2) is 18.2 Å². The third kappa shape index (κ3) is 8.59. The summed E-state index contributed by atoms with van der Waals surface area (Å²) in [4.78, 5) is 15.2. The van der Waals surface area contributed by atoms with E-state index in [1.165, 1.54) is 32.1 Å². The minimum absolute atomic E-state index is 0.00824. The molecule has 3 rings (SSSR count). The van der Waals surface area contributed by atoms with Gasteiger partial charge in [0, 0.05) is 57.5 Å². The molecule has 2 fully saturated rings. The van der Waals surface area contributed by atoms with Crippen LogP contribution < -0.4 is 10.6 Å². The van der Waals surface area contributed by atoms with E-state index < -0.39 is 11.9 Å². The van der Waals surface area contributed by atoms with Crippen molar-refractivity contribution in [3.8, 4) is 0 Å². The van der Waals surface area contributed by atoms with E-state index in [-0.39, 0.29) is 23.0 Å². The van der Waals surface area contributed by atoms with E-state index in [1.807, 2.05) is 11.9 Å². The number of hydrogen-bond acceptors (Lipinski definition) is 4. The van der Waals surface area contributed by atoms with Gasteiger partial charge in [-0.05, 0) is 44.7 Å². The van der Waals surface area contributed by atoms with Crippen molar-refractivity contribution in [2.75, 3.05) is 47.0 Å².